The Morgan fingerprint density at radius 2 is 0.892 bits per heavy atom. The molecule has 0 fully saturated rings. The van der Waals surface area contributed by atoms with Gasteiger partial charge >= 0.3 is 0 Å². The second kappa shape index (κ2) is 10.6. The molecule has 0 aliphatic heterocycles. The van der Waals surface area contributed by atoms with Crippen molar-refractivity contribution in [3.8, 4) is 33.4 Å². The van der Waals surface area contributed by atoms with Gasteiger partial charge in [-0.3, -0.25) is 0 Å². The molecule has 178 valence electrons. The van der Waals surface area contributed by atoms with Crippen LogP contribution in [0.5, 0.6) is 0 Å². The molecule has 1 aliphatic carbocycles. The number of nitrogens with one attached hydrogen (secondary N) is 1. The van der Waals surface area contributed by atoms with Gasteiger partial charge in [0.15, 0.2) is 0 Å². The second-order valence-electron chi connectivity index (χ2n) is 9.45. The van der Waals surface area contributed by atoms with Gasteiger partial charge in [-0.2, -0.15) is 0 Å². The highest BCUT2D eigenvalue weighted by atomic mass is 14.9. The topological polar surface area (TPSA) is 12.0 Å². The predicted octanol–water partition coefficient (Wildman–Crippen LogP) is 10.2. The zero-order chi connectivity index (χ0) is 24.9. The largest absolute Gasteiger partial charge is 0.356 e. The van der Waals surface area contributed by atoms with Crippen LogP contribution in [0.25, 0.3) is 39.0 Å². The van der Waals surface area contributed by atoms with Gasteiger partial charge in [0.1, 0.15) is 0 Å². The van der Waals surface area contributed by atoms with Crippen molar-refractivity contribution >= 4 is 16.9 Å². The summed E-state index contributed by atoms with van der Waals surface area (Å²) in [5.74, 6) is 0. The fourth-order valence-electron chi connectivity index (χ4n) is 4.87. The number of allylic oxidation sites excluding steroid dienone is 4. The summed E-state index contributed by atoms with van der Waals surface area (Å²) < 4.78 is 0. The lowest BCUT2D eigenvalue weighted by Crippen LogP contribution is -1.91. The molecular weight excluding hydrogens is 446 g/mol. The normalized spacial score (nSPS) is 12.7. The Morgan fingerprint density at radius 3 is 1.43 bits per heavy atom. The molecule has 0 atom stereocenters. The standard InChI is InChI=1S/C36H29N/c1-3-9-27(10-4-1)31-13-7-15-33(25-31)29-17-21-35(22-18-29)37-36-23-19-30(20-24-36)34-16-8-14-32(26-34)28-11-5-2-6-12-28/h1,3-5,7-26,37H,2,6H2. The van der Waals surface area contributed by atoms with Crippen LogP contribution in [0, 0.1) is 0 Å². The highest BCUT2D eigenvalue weighted by Gasteiger charge is 2.06. The minimum Gasteiger partial charge on any atom is -0.356 e. The molecule has 5 aromatic rings. The minimum absolute atomic E-state index is 1.08. The number of hydrogen-bond donors (Lipinski definition) is 1. The van der Waals surface area contributed by atoms with E-state index in [1.807, 2.05) is 0 Å². The fourth-order valence-corrected chi connectivity index (χ4v) is 4.87. The molecule has 0 saturated heterocycles. The summed E-state index contributed by atoms with van der Waals surface area (Å²) in [6.07, 6.45) is 9.09. The van der Waals surface area contributed by atoms with Crippen LogP contribution in [0.2, 0.25) is 0 Å². The summed E-state index contributed by atoms with van der Waals surface area (Å²) in [6.45, 7) is 0. The molecule has 5 aromatic carbocycles. The Morgan fingerprint density at radius 1 is 0.405 bits per heavy atom. The van der Waals surface area contributed by atoms with E-state index in [9.17, 15) is 0 Å². The maximum Gasteiger partial charge on any atom is 0.0384 e. The van der Waals surface area contributed by atoms with Crippen molar-refractivity contribution in [3.05, 3.63) is 151 Å². The van der Waals surface area contributed by atoms with Crippen molar-refractivity contribution in [2.24, 2.45) is 0 Å². The third kappa shape index (κ3) is 5.32. The van der Waals surface area contributed by atoms with Gasteiger partial charge in [-0.1, -0.05) is 109 Å². The van der Waals surface area contributed by atoms with E-state index in [1.165, 1.54) is 44.5 Å². The SMILES string of the molecule is C1=CC(c2cccc(-c3ccc(Nc4ccc(-c5cccc(-c6ccccc6)c5)cc4)cc3)c2)=CCC1. The Balaban J connectivity index is 1.16. The number of benzene rings is 5. The van der Waals surface area contributed by atoms with Gasteiger partial charge in [-0.15, -0.1) is 0 Å². The first-order chi connectivity index (χ1) is 18.3. The summed E-state index contributed by atoms with van der Waals surface area (Å²) in [4.78, 5) is 0. The maximum absolute atomic E-state index is 3.54. The lowest BCUT2D eigenvalue weighted by Gasteiger charge is -2.11. The molecule has 0 amide bonds. The summed E-state index contributed by atoms with van der Waals surface area (Å²) in [5, 5.41) is 3.54. The van der Waals surface area contributed by atoms with Crippen LogP contribution in [0.3, 0.4) is 0 Å². The van der Waals surface area contributed by atoms with Crippen LogP contribution in [0.1, 0.15) is 18.4 Å². The Labute approximate surface area is 219 Å². The average Bonchev–Trinajstić information content (AvgIpc) is 2.99. The summed E-state index contributed by atoms with van der Waals surface area (Å²) in [7, 11) is 0. The van der Waals surface area contributed by atoms with Crippen molar-refractivity contribution < 1.29 is 0 Å². The van der Waals surface area contributed by atoms with E-state index in [0.717, 1.165) is 24.2 Å². The lowest BCUT2D eigenvalue weighted by molar-refractivity contribution is 1.04. The van der Waals surface area contributed by atoms with Gasteiger partial charge in [-0.05, 0) is 93.8 Å². The van der Waals surface area contributed by atoms with Crippen LogP contribution in [-0.2, 0) is 0 Å². The molecule has 1 nitrogen and oxygen atoms in total. The van der Waals surface area contributed by atoms with Crippen molar-refractivity contribution in [1.82, 2.24) is 0 Å². The molecule has 0 radical (unpaired) electrons. The Hall–Kier alpha value is -4.62. The molecule has 1 N–H and O–H groups in total. The molecule has 0 heterocycles. The molecular formula is C36H29N. The van der Waals surface area contributed by atoms with E-state index in [-0.39, 0.29) is 0 Å². The summed E-state index contributed by atoms with van der Waals surface area (Å²) in [5.41, 5.74) is 12.1. The first kappa shape index (κ1) is 22.8. The molecule has 6 rings (SSSR count). The predicted molar refractivity (Wildman–Crippen MR) is 159 cm³/mol. The third-order valence-corrected chi connectivity index (χ3v) is 6.89. The van der Waals surface area contributed by atoms with Gasteiger partial charge in [0.05, 0.1) is 0 Å². The van der Waals surface area contributed by atoms with E-state index < -0.39 is 0 Å². The highest BCUT2D eigenvalue weighted by molar-refractivity contribution is 5.79. The summed E-state index contributed by atoms with van der Waals surface area (Å²) >= 11 is 0. The van der Waals surface area contributed by atoms with Crippen LogP contribution >= 0.6 is 0 Å². The molecule has 0 aromatic heterocycles. The van der Waals surface area contributed by atoms with Gasteiger partial charge in [0.2, 0.25) is 0 Å². The van der Waals surface area contributed by atoms with E-state index in [4.69, 9.17) is 0 Å². The molecule has 0 spiro atoms. The van der Waals surface area contributed by atoms with Gasteiger partial charge in [0, 0.05) is 11.4 Å². The lowest BCUT2D eigenvalue weighted by atomic mass is 9.96. The molecule has 0 unspecified atom stereocenters. The van der Waals surface area contributed by atoms with Gasteiger partial charge < -0.3 is 5.32 Å². The number of anilines is 2. The van der Waals surface area contributed by atoms with Crippen molar-refractivity contribution in [2.75, 3.05) is 5.32 Å². The van der Waals surface area contributed by atoms with Crippen LogP contribution in [0.15, 0.2) is 146 Å². The van der Waals surface area contributed by atoms with E-state index in [1.54, 1.807) is 0 Å². The van der Waals surface area contributed by atoms with Crippen molar-refractivity contribution in [3.63, 3.8) is 0 Å². The molecule has 37 heavy (non-hydrogen) atoms. The first-order valence-electron chi connectivity index (χ1n) is 12.9. The maximum atomic E-state index is 3.54. The smallest absolute Gasteiger partial charge is 0.0384 e. The highest BCUT2D eigenvalue weighted by Crippen LogP contribution is 2.30. The van der Waals surface area contributed by atoms with Crippen molar-refractivity contribution in [1.29, 1.82) is 0 Å². The quantitative estimate of drug-likeness (QED) is 0.257. The third-order valence-electron chi connectivity index (χ3n) is 6.89. The molecule has 0 saturated carbocycles. The van der Waals surface area contributed by atoms with Crippen LogP contribution in [0.4, 0.5) is 11.4 Å². The number of rotatable bonds is 6. The molecule has 1 heteroatoms. The van der Waals surface area contributed by atoms with E-state index in [0.29, 0.717) is 0 Å². The zero-order valence-corrected chi connectivity index (χ0v) is 20.8. The molecule has 1 aliphatic rings. The molecule has 0 bridgehead atoms. The van der Waals surface area contributed by atoms with Gasteiger partial charge in [-0.25, -0.2) is 0 Å². The Kier molecular flexibility index (Phi) is 6.51. The summed E-state index contributed by atoms with van der Waals surface area (Å²) in [6, 6.07) is 45.4. The average molecular weight is 476 g/mol. The zero-order valence-electron chi connectivity index (χ0n) is 20.8. The van der Waals surface area contributed by atoms with Crippen LogP contribution in [-0.4, -0.2) is 0 Å². The Bertz CT molecular complexity index is 1560. The number of hydrogen-bond acceptors (Lipinski definition) is 1. The van der Waals surface area contributed by atoms with Gasteiger partial charge in [0.25, 0.3) is 0 Å². The van der Waals surface area contributed by atoms with Crippen LogP contribution < -0.4 is 5.32 Å². The van der Waals surface area contributed by atoms with E-state index in [2.05, 4.69) is 151 Å². The fraction of sp³-hybridized carbons (Fsp3) is 0.0556. The second-order valence-corrected chi connectivity index (χ2v) is 9.45. The first-order valence-corrected chi connectivity index (χ1v) is 12.9. The minimum atomic E-state index is 1.08. The monoisotopic (exact) mass is 475 g/mol. The van der Waals surface area contributed by atoms with E-state index >= 15 is 0 Å². The van der Waals surface area contributed by atoms with Crippen molar-refractivity contribution in [2.45, 2.75) is 12.8 Å².